The lowest BCUT2D eigenvalue weighted by Gasteiger charge is -2.26. The van der Waals surface area contributed by atoms with Crippen LogP contribution in [0.15, 0.2) is 24.7 Å². The highest BCUT2D eigenvalue weighted by molar-refractivity contribution is 5.89. The van der Waals surface area contributed by atoms with E-state index in [0.29, 0.717) is 12.0 Å². The van der Waals surface area contributed by atoms with Crippen molar-refractivity contribution < 1.29 is 0 Å². The Labute approximate surface area is 134 Å². The molecule has 1 aliphatic carbocycles. The number of rotatable bonds is 5. The number of aromatic nitrogens is 5. The summed E-state index contributed by atoms with van der Waals surface area (Å²) in [5.41, 5.74) is 1.72. The largest absolute Gasteiger partial charge is 0.356 e. The van der Waals surface area contributed by atoms with Crippen molar-refractivity contribution in [1.82, 2.24) is 24.7 Å². The monoisotopic (exact) mass is 311 g/mol. The molecule has 3 heterocycles. The quantitative estimate of drug-likeness (QED) is 0.758. The molecule has 4 rings (SSSR count). The molecule has 0 aliphatic heterocycles. The molecule has 0 spiro atoms. The molecule has 0 bridgehead atoms. The molecule has 120 valence electrons. The van der Waals surface area contributed by atoms with Gasteiger partial charge in [-0.1, -0.05) is 0 Å². The average Bonchev–Trinajstić information content (AvgIpc) is 3.15. The third-order valence-corrected chi connectivity index (χ3v) is 4.61. The van der Waals surface area contributed by atoms with Gasteiger partial charge in [-0.2, -0.15) is 15.1 Å². The Bertz CT molecular complexity index is 830. The Balaban J connectivity index is 1.71. The fourth-order valence-corrected chi connectivity index (χ4v) is 2.95. The van der Waals surface area contributed by atoms with Crippen molar-refractivity contribution in [3.63, 3.8) is 0 Å². The lowest BCUT2D eigenvalue weighted by atomic mass is 10.2. The molecule has 3 aromatic rings. The maximum atomic E-state index is 4.76. The van der Waals surface area contributed by atoms with Crippen LogP contribution in [-0.2, 0) is 7.05 Å². The minimum Gasteiger partial charge on any atom is -0.356 e. The Hall–Kier alpha value is -2.57. The molecule has 0 radical (unpaired) electrons. The Morgan fingerprint density at radius 3 is 2.91 bits per heavy atom. The predicted octanol–water partition coefficient (Wildman–Crippen LogP) is 2.67. The van der Waals surface area contributed by atoms with Gasteiger partial charge in [0.05, 0.1) is 17.3 Å². The maximum absolute atomic E-state index is 4.76. The van der Waals surface area contributed by atoms with Crippen LogP contribution in [0.2, 0.25) is 0 Å². The van der Waals surface area contributed by atoms with Crippen molar-refractivity contribution in [2.45, 2.75) is 25.8 Å². The summed E-state index contributed by atoms with van der Waals surface area (Å²) < 4.78 is 1.75. The van der Waals surface area contributed by atoms with Gasteiger partial charge in [0.2, 0.25) is 5.95 Å². The van der Waals surface area contributed by atoms with E-state index >= 15 is 0 Å². The van der Waals surface area contributed by atoms with E-state index in [1.807, 2.05) is 25.5 Å². The number of anilines is 3. The summed E-state index contributed by atoms with van der Waals surface area (Å²) in [6, 6.07) is 2.52. The normalized spacial score (nSPS) is 15.8. The Morgan fingerprint density at radius 2 is 2.22 bits per heavy atom. The molecule has 2 N–H and O–H groups in total. The molecule has 0 aromatic carbocycles. The van der Waals surface area contributed by atoms with Gasteiger partial charge in [0.1, 0.15) is 11.5 Å². The SMILES string of the molecule is CC(C1CC1)N(C)c1nc(Nc2cnn(C)c2)nc2[nH]ccc12. The minimum atomic E-state index is 0.481. The van der Waals surface area contributed by atoms with Gasteiger partial charge in [-0.15, -0.1) is 0 Å². The number of aryl methyl sites for hydroxylation is 1. The summed E-state index contributed by atoms with van der Waals surface area (Å²) in [7, 11) is 4.00. The van der Waals surface area contributed by atoms with E-state index in [0.717, 1.165) is 28.5 Å². The van der Waals surface area contributed by atoms with E-state index in [-0.39, 0.29) is 0 Å². The third-order valence-electron chi connectivity index (χ3n) is 4.61. The molecule has 1 aliphatic rings. The number of fused-ring (bicyclic) bond motifs is 1. The smallest absolute Gasteiger partial charge is 0.231 e. The molecule has 23 heavy (non-hydrogen) atoms. The van der Waals surface area contributed by atoms with E-state index in [1.165, 1.54) is 12.8 Å². The van der Waals surface area contributed by atoms with Crippen LogP contribution < -0.4 is 10.2 Å². The highest BCUT2D eigenvalue weighted by atomic mass is 15.3. The van der Waals surface area contributed by atoms with Crippen molar-refractivity contribution in [2.75, 3.05) is 17.3 Å². The average molecular weight is 311 g/mol. The van der Waals surface area contributed by atoms with Crippen LogP contribution in [0.25, 0.3) is 11.0 Å². The first kappa shape index (κ1) is 14.0. The van der Waals surface area contributed by atoms with Crippen LogP contribution in [0.1, 0.15) is 19.8 Å². The summed E-state index contributed by atoms with van der Waals surface area (Å²) in [5, 5.41) is 8.45. The number of H-pyrrole nitrogens is 1. The van der Waals surface area contributed by atoms with Crippen LogP contribution in [-0.4, -0.2) is 37.8 Å². The van der Waals surface area contributed by atoms with Crippen LogP contribution in [0.3, 0.4) is 0 Å². The first-order chi connectivity index (χ1) is 11.1. The van der Waals surface area contributed by atoms with Gasteiger partial charge in [-0.3, -0.25) is 4.68 Å². The number of aromatic amines is 1. The molecule has 7 heteroatoms. The molecule has 3 aromatic heterocycles. The van der Waals surface area contributed by atoms with Crippen molar-refractivity contribution >= 4 is 28.5 Å². The van der Waals surface area contributed by atoms with Gasteiger partial charge >= 0.3 is 0 Å². The first-order valence-electron chi connectivity index (χ1n) is 7.95. The van der Waals surface area contributed by atoms with Crippen LogP contribution in [0.4, 0.5) is 17.5 Å². The van der Waals surface area contributed by atoms with Gasteiger partial charge in [0.15, 0.2) is 0 Å². The third kappa shape index (κ3) is 2.62. The lowest BCUT2D eigenvalue weighted by molar-refractivity contribution is 0.605. The minimum absolute atomic E-state index is 0.481. The van der Waals surface area contributed by atoms with Crippen LogP contribution in [0, 0.1) is 5.92 Å². The molecular formula is C16H21N7. The number of hydrogen-bond donors (Lipinski definition) is 2. The second-order valence-electron chi connectivity index (χ2n) is 6.33. The van der Waals surface area contributed by atoms with Crippen molar-refractivity contribution in [3.8, 4) is 0 Å². The number of nitrogens with one attached hydrogen (secondary N) is 2. The molecule has 0 amide bonds. The Kier molecular flexibility index (Phi) is 3.21. The summed E-state index contributed by atoms with van der Waals surface area (Å²) in [5.74, 6) is 2.32. The second kappa shape index (κ2) is 5.26. The molecule has 7 nitrogen and oxygen atoms in total. The zero-order valence-electron chi connectivity index (χ0n) is 13.6. The van der Waals surface area contributed by atoms with E-state index in [1.54, 1.807) is 10.9 Å². The maximum Gasteiger partial charge on any atom is 0.231 e. The molecule has 1 fully saturated rings. The highest BCUT2D eigenvalue weighted by Crippen LogP contribution is 2.37. The second-order valence-corrected chi connectivity index (χ2v) is 6.33. The van der Waals surface area contributed by atoms with Crippen LogP contribution in [0.5, 0.6) is 0 Å². The van der Waals surface area contributed by atoms with Gasteiger partial charge in [-0.25, -0.2) is 0 Å². The molecule has 1 saturated carbocycles. The van der Waals surface area contributed by atoms with E-state index in [9.17, 15) is 0 Å². The fourth-order valence-electron chi connectivity index (χ4n) is 2.95. The molecule has 0 saturated heterocycles. The van der Waals surface area contributed by atoms with Gasteiger partial charge < -0.3 is 15.2 Å². The highest BCUT2D eigenvalue weighted by Gasteiger charge is 2.32. The van der Waals surface area contributed by atoms with Crippen LogP contribution >= 0.6 is 0 Å². The number of hydrogen-bond acceptors (Lipinski definition) is 5. The molecule has 1 unspecified atom stereocenters. The van der Waals surface area contributed by atoms with E-state index in [2.05, 4.69) is 39.3 Å². The van der Waals surface area contributed by atoms with Gasteiger partial charge in [0.25, 0.3) is 0 Å². The zero-order valence-corrected chi connectivity index (χ0v) is 13.6. The molecule has 1 atom stereocenters. The Morgan fingerprint density at radius 1 is 1.39 bits per heavy atom. The van der Waals surface area contributed by atoms with Gasteiger partial charge in [0, 0.05) is 32.5 Å². The topological polar surface area (TPSA) is 74.7 Å². The summed E-state index contributed by atoms with van der Waals surface area (Å²) >= 11 is 0. The lowest BCUT2D eigenvalue weighted by Crippen LogP contribution is -2.31. The summed E-state index contributed by atoms with van der Waals surface area (Å²) in [4.78, 5) is 14.8. The first-order valence-corrected chi connectivity index (χ1v) is 7.95. The predicted molar refractivity (Wildman–Crippen MR) is 91.0 cm³/mol. The standard InChI is InChI=1S/C16H21N7/c1-10(11-4-5-11)23(3)15-13-6-7-17-14(13)20-16(21-15)19-12-8-18-22(2)9-12/h6-11H,4-5H2,1-3H3,(H2,17,19,20,21). The zero-order chi connectivity index (χ0) is 16.0. The van der Waals surface area contributed by atoms with Crippen molar-refractivity contribution in [2.24, 2.45) is 13.0 Å². The summed E-state index contributed by atoms with van der Waals surface area (Å²) in [6.07, 6.45) is 8.20. The van der Waals surface area contributed by atoms with Crippen molar-refractivity contribution in [3.05, 3.63) is 24.7 Å². The van der Waals surface area contributed by atoms with Crippen molar-refractivity contribution in [1.29, 1.82) is 0 Å². The fraction of sp³-hybridized carbons (Fsp3) is 0.438. The summed E-state index contributed by atoms with van der Waals surface area (Å²) in [6.45, 7) is 2.27. The van der Waals surface area contributed by atoms with E-state index < -0.39 is 0 Å². The van der Waals surface area contributed by atoms with E-state index in [4.69, 9.17) is 4.98 Å². The van der Waals surface area contributed by atoms with Gasteiger partial charge in [-0.05, 0) is 31.7 Å². The molecular weight excluding hydrogens is 290 g/mol. The number of nitrogens with zero attached hydrogens (tertiary/aromatic N) is 5.